The number of halogens is 5. The Balaban J connectivity index is 2.16. The van der Waals surface area contributed by atoms with Gasteiger partial charge in [-0.1, -0.05) is 12.1 Å². The fraction of sp³-hybridized carbons (Fsp3) is 0.222. The van der Waals surface area contributed by atoms with Gasteiger partial charge in [-0.15, -0.1) is 0 Å². The quantitative estimate of drug-likeness (QED) is 0.436. The molecule has 0 bridgehead atoms. The zero-order chi connectivity index (χ0) is 20.2. The van der Waals surface area contributed by atoms with Gasteiger partial charge in [-0.2, -0.15) is 13.2 Å². The second-order valence-electron chi connectivity index (χ2n) is 5.79. The van der Waals surface area contributed by atoms with Gasteiger partial charge in [0.1, 0.15) is 5.82 Å². The van der Waals surface area contributed by atoms with Crippen molar-refractivity contribution in [2.24, 2.45) is 0 Å². The van der Waals surface area contributed by atoms with Crippen LogP contribution in [-0.4, -0.2) is 17.0 Å². The van der Waals surface area contributed by atoms with E-state index in [1.807, 2.05) is 22.6 Å². The van der Waals surface area contributed by atoms with Crippen molar-refractivity contribution in [2.45, 2.75) is 24.9 Å². The molecule has 0 heterocycles. The molecular weight excluding hydrogens is 481 g/mol. The van der Waals surface area contributed by atoms with Crippen LogP contribution in [0.3, 0.4) is 0 Å². The summed E-state index contributed by atoms with van der Waals surface area (Å²) in [6.45, 7) is 0. The van der Waals surface area contributed by atoms with Crippen molar-refractivity contribution in [3.05, 3.63) is 63.0 Å². The molecule has 0 saturated heterocycles. The van der Waals surface area contributed by atoms with Crippen LogP contribution < -0.4 is 5.32 Å². The lowest BCUT2D eigenvalue weighted by Gasteiger charge is -2.16. The molecule has 4 nitrogen and oxygen atoms in total. The third-order valence-electron chi connectivity index (χ3n) is 3.77. The SMILES string of the molecule is O=C(O)C[C@@H](CC(=O)Nc1ccc(I)cc1F)c1ccc(C(F)(F)F)cc1. The number of nitrogens with one attached hydrogen (secondary N) is 1. The van der Waals surface area contributed by atoms with Gasteiger partial charge in [-0.25, -0.2) is 4.39 Å². The van der Waals surface area contributed by atoms with Crippen molar-refractivity contribution in [1.29, 1.82) is 0 Å². The molecule has 0 aromatic heterocycles. The molecule has 9 heteroatoms. The average molecular weight is 495 g/mol. The van der Waals surface area contributed by atoms with Crippen LogP contribution in [0.15, 0.2) is 42.5 Å². The van der Waals surface area contributed by atoms with Crippen molar-refractivity contribution < 1.29 is 32.3 Å². The summed E-state index contributed by atoms with van der Waals surface area (Å²) in [7, 11) is 0. The number of carboxylic acid groups (broad SMARTS) is 1. The van der Waals surface area contributed by atoms with Crippen LogP contribution in [0.25, 0.3) is 0 Å². The van der Waals surface area contributed by atoms with Crippen LogP contribution in [0.2, 0.25) is 0 Å². The zero-order valence-electron chi connectivity index (χ0n) is 13.7. The Morgan fingerprint density at radius 3 is 2.22 bits per heavy atom. The van der Waals surface area contributed by atoms with Crippen molar-refractivity contribution in [3.63, 3.8) is 0 Å². The predicted octanol–water partition coefficient (Wildman–Crippen LogP) is 5.04. The van der Waals surface area contributed by atoms with E-state index in [0.29, 0.717) is 3.57 Å². The van der Waals surface area contributed by atoms with E-state index in [9.17, 15) is 27.2 Å². The Bertz CT molecular complexity index is 837. The second-order valence-corrected chi connectivity index (χ2v) is 7.04. The topological polar surface area (TPSA) is 66.4 Å². The maximum Gasteiger partial charge on any atom is 0.416 e. The summed E-state index contributed by atoms with van der Waals surface area (Å²) in [5.74, 6) is -3.33. The molecule has 0 saturated carbocycles. The first kappa shape index (κ1) is 21.1. The van der Waals surface area contributed by atoms with Crippen LogP contribution in [0.5, 0.6) is 0 Å². The standard InChI is InChI=1S/C18H14F4INO3/c19-14-9-13(23)5-6-15(14)24-16(25)7-11(8-17(26)27)10-1-3-12(4-2-10)18(20,21)22/h1-6,9,11H,7-8H2,(H,24,25)(H,26,27)/t11-/m1/s1. The van der Waals surface area contributed by atoms with E-state index in [4.69, 9.17) is 5.11 Å². The normalized spacial score (nSPS) is 12.5. The van der Waals surface area contributed by atoms with E-state index >= 15 is 0 Å². The van der Waals surface area contributed by atoms with E-state index in [1.165, 1.54) is 12.1 Å². The fourth-order valence-corrected chi connectivity index (χ4v) is 2.93. The number of carboxylic acids is 1. The molecule has 2 N–H and O–H groups in total. The number of aliphatic carboxylic acids is 1. The lowest BCUT2D eigenvalue weighted by molar-refractivity contribution is -0.138. The highest BCUT2D eigenvalue weighted by Gasteiger charge is 2.30. The first-order chi connectivity index (χ1) is 12.6. The minimum atomic E-state index is -4.51. The maximum absolute atomic E-state index is 13.8. The smallest absolute Gasteiger partial charge is 0.416 e. The van der Waals surface area contributed by atoms with Gasteiger partial charge in [0, 0.05) is 15.9 Å². The molecule has 2 aromatic rings. The molecule has 2 aromatic carbocycles. The third-order valence-corrected chi connectivity index (χ3v) is 4.44. The number of carbonyl (C=O) groups excluding carboxylic acids is 1. The molecule has 27 heavy (non-hydrogen) atoms. The molecule has 2 rings (SSSR count). The minimum absolute atomic E-state index is 0.0538. The van der Waals surface area contributed by atoms with Crippen LogP contribution in [-0.2, 0) is 15.8 Å². The molecule has 0 fully saturated rings. The Hall–Kier alpha value is -2.17. The third kappa shape index (κ3) is 6.19. The fourth-order valence-electron chi connectivity index (χ4n) is 2.48. The van der Waals surface area contributed by atoms with Gasteiger partial charge in [0.05, 0.1) is 17.7 Å². The van der Waals surface area contributed by atoms with Crippen molar-refractivity contribution in [2.75, 3.05) is 5.32 Å². The summed E-state index contributed by atoms with van der Waals surface area (Å²) in [6.07, 6.45) is -5.28. The Morgan fingerprint density at radius 2 is 1.70 bits per heavy atom. The average Bonchev–Trinajstić information content (AvgIpc) is 2.56. The van der Waals surface area contributed by atoms with Gasteiger partial charge in [-0.3, -0.25) is 9.59 Å². The molecule has 0 aliphatic heterocycles. The molecule has 0 radical (unpaired) electrons. The van der Waals surface area contributed by atoms with Crippen molar-refractivity contribution >= 4 is 40.2 Å². The minimum Gasteiger partial charge on any atom is -0.481 e. The lowest BCUT2D eigenvalue weighted by Crippen LogP contribution is -2.18. The summed E-state index contributed by atoms with van der Waals surface area (Å²) in [4.78, 5) is 23.3. The molecular formula is C18H14F4INO3. The number of benzene rings is 2. The van der Waals surface area contributed by atoms with Crippen LogP contribution in [0.4, 0.5) is 23.2 Å². The van der Waals surface area contributed by atoms with E-state index in [2.05, 4.69) is 5.32 Å². The lowest BCUT2D eigenvalue weighted by atomic mass is 9.91. The number of hydrogen-bond donors (Lipinski definition) is 2. The Kier molecular flexibility index (Phi) is 6.79. The highest BCUT2D eigenvalue weighted by molar-refractivity contribution is 14.1. The highest BCUT2D eigenvalue weighted by atomic mass is 127. The zero-order valence-corrected chi connectivity index (χ0v) is 15.8. The molecule has 0 aliphatic rings. The van der Waals surface area contributed by atoms with E-state index in [-0.39, 0.29) is 17.7 Å². The first-order valence-corrected chi connectivity index (χ1v) is 8.78. The first-order valence-electron chi connectivity index (χ1n) is 7.70. The highest BCUT2D eigenvalue weighted by Crippen LogP contribution is 2.32. The molecule has 1 atom stereocenters. The number of amides is 1. The van der Waals surface area contributed by atoms with Crippen LogP contribution >= 0.6 is 22.6 Å². The number of anilines is 1. The van der Waals surface area contributed by atoms with Gasteiger partial charge in [0.15, 0.2) is 0 Å². The van der Waals surface area contributed by atoms with Gasteiger partial charge in [-0.05, 0) is 58.5 Å². The maximum atomic E-state index is 13.8. The second kappa shape index (κ2) is 8.68. The van der Waals surface area contributed by atoms with Crippen LogP contribution in [0, 0.1) is 9.39 Å². The van der Waals surface area contributed by atoms with Gasteiger partial charge in [0.2, 0.25) is 5.91 Å². The molecule has 0 unspecified atom stereocenters. The monoisotopic (exact) mass is 495 g/mol. The summed E-state index contributed by atoms with van der Waals surface area (Å²) in [5, 5.41) is 11.4. The van der Waals surface area contributed by atoms with Gasteiger partial charge < -0.3 is 10.4 Å². The molecule has 0 aliphatic carbocycles. The largest absolute Gasteiger partial charge is 0.481 e. The summed E-state index contributed by atoms with van der Waals surface area (Å²) >= 11 is 1.91. The number of carbonyl (C=O) groups is 2. The van der Waals surface area contributed by atoms with Crippen LogP contribution in [0.1, 0.15) is 29.9 Å². The number of hydrogen-bond acceptors (Lipinski definition) is 2. The van der Waals surface area contributed by atoms with E-state index < -0.39 is 41.8 Å². The Labute approximate surface area is 165 Å². The Morgan fingerprint density at radius 1 is 1.07 bits per heavy atom. The number of alkyl halides is 3. The summed E-state index contributed by atoms with van der Waals surface area (Å²) in [5.41, 5.74) is -0.642. The van der Waals surface area contributed by atoms with Gasteiger partial charge in [0.25, 0.3) is 0 Å². The summed E-state index contributed by atoms with van der Waals surface area (Å²) < 4.78 is 52.4. The predicted molar refractivity (Wildman–Crippen MR) is 98.8 cm³/mol. The molecule has 1 amide bonds. The molecule has 0 spiro atoms. The van der Waals surface area contributed by atoms with E-state index in [1.54, 1.807) is 6.07 Å². The van der Waals surface area contributed by atoms with E-state index in [0.717, 1.165) is 24.3 Å². The summed E-state index contributed by atoms with van der Waals surface area (Å²) in [6, 6.07) is 8.15. The number of rotatable bonds is 6. The molecule has 144 valence electrons. The van der Waals surface area contributed by atoms with Gasteiger partial charge >= 0.3 is 12.1 Å². The van der Waals surface area contributed by atoms with Crippen molar-refractivity contribution in [3.8, 4) is 0 Å². The van der Waals surface area contributed by atoms with Crippen molar-refractivity contribution in [1.82, 2.24) is 0 Å².